The molecule has 24 heavy (non-hydrogen) atoms. The van der Waals surface area contributed by atoms with E-state index in [1.165, 1.54) is 0 Å². The number of fused-ring (bicyclic) bond motifs is 3. The second-order valence-electron chi connectivity index (χ2n) is 6.23. The van der Waals surface area contributed by atoms with E-state index in [0.29, 0.717) is 25.6 Å². The van der Waals surface area contributed by atoms with Gasteiger partial charge in [0.05, 0.1) is 11.7 Å². The molecule has 3 heterocycles. The molecule has 1 atom stereocenters. The van der Waals surface area contributed by atoms with E-state index in [2.05, 4.69) is 15.5 Å². The van der Waals surface area contributed by atoms with Crippen LogP contribution in [0.4, 0.5) is 16.2 Å². The molecule has 7 nitrogen and oxygen atoms in total. The molecule has 130 valence electrons. The van der Waals surface area contributed by atoms with Crippen LogP contribution < -0.4 is 25.2 Å². The van der Waals surface area contributed by atoms with Crippen LogP contribution in [-0.2, 0) is 4.79 Å². The number of ether oxygens (including phenoxy) is 1. The number of piperazine rings is 1. The summed E-state index contributed by atoms with van der Waals surface area (Å²) in [6, 6.07) is 3.91. The van der Waals surface area contributed by atoms with Crippen molar-refractivity contribution < 1.29 is 14.3 Å². The van der Waals surface area contributed by atoms with Gasteiger partial charge in [0.1, 0.15) is 12.4 Å². The summed E-state index contributed by atoms with van der Waals surface area (Å²) in [7, 11) is 0. The maximum Gasteiger partial charge on any atom is 0.328 e. The molecule has 2 fully saturated rings. The van der Waals surface area contributed by atoms with Crippen molar-refractivity contribution in [3.8, 4) is 5.75 Å². The first-order chi connectivity index (χ1) is 11.1. The highest BCUT2D eigenvalue weighted by atomic mass is 35.5. The summed E-state index contributed by atoms with van der Waals surface area (Å²) in [5, 5.41) is 5.75. The highest BCUT2D eigenvalue weighted by molar-refractivity contribution is 6.05. The van der Waals surface area contributed by atoms with E-state index >= 15 is 0 Å². The van der Waals surface area contributed by atoms with Crippen LogP contribution in [0.1, 0.15) is 12.0 Å². The van der Waals surface area contributed by atoms with Gasteiger partial charge in [-0.3, -0.25) is 15.0 Å². The minimum Gasteiger partial charge on any atom is -0.489 e. The summed E-state index contributed by atoms with van der Waals surface area (Å²) < 4.78 is 5.95. The zero-order valence-electron chi connectivity index (χ0n) is 13.5. The van der Waals surface area contributed by atoms with Crippen molar-refractivity contribution in [1.82, 2.24) is 10.6 Å². The molecule has 0 saturated carbocycles. The number of carbonyl (C=O) groups excluding carboxylic acids is 2. The number of carbonyl (C=O) groups is 2. The Kier molecular flexibility index (Phi) is 4.56. The molecular weight excluding hydrogens is 332 g/mol. The standard InChI is InChI=1S/C16H20N4O3.ClH/c1-10-6-11(20-4-2-14(21)18-16(20)22)7-13-15(10)19-5-3-17-8-12(19)9-23-13;/h6-7,12,17H,2-5,8-9H2,1H3,(H,18,21,22);1H/t12-;/m0./s1. The lowest BCUT2D eigenvalue weighted by molar-refractivity contribution is -0.120. The van der Waals surface area contributed by atoms with Crippen LogP contribution in [0, 0.1) is 6.92 Å². The fraction of sp³-hybridized carbons (Fsp3) is 0.500. The van der Waals surface area contributed by atoms with Crippen LogP contribution in [0.3, 0.4) is 0 Å². The first-order valence-electron chi connectivity index (χ1n) is 7.99. The van der Waals surface area contributed by atoms with Crippen LogP contribution in [-0.4, -0.2) is 50.8 Å². The maximum absolute atomic E-state index is 12.0. The first-order valence-corrected chi connectivity index (χ1v) is 7.99. The lowest BCUT2D eigenvalue weighted by Gasteiger charge is -2.43. The molecule has 4 rings (SSSR count). The van der Waals surface area contributed by atoms with Gasteiger partial charge in [0.25, 0.3) is 0 Å². The Bertz CT molecular complexity index is 682. The van der Waals surface area contributed by atoms with E-state index in [0.717, 1.165) is 42.3 Å². The number of aryl methyl sites for hydroxylation is 1. The van der Waals surface area contributed by atoms with Crippen LogP contribution in [0.5, 0.6) is 5.75 Å². The molecule has 2 saturated heterocycles. The molecule has 1 aromatic rings. The van der Waals surface area contributed by atoms with Gasteiger partial charge in [-0.05, 0) is 18.6 Å². The molecule has 3 aliphatic rings. The summed E-state index contributed by atoms with van der Waals surface area (Å²) in [4.78, 5) is 27.4. The van der Waals surface area contributed by atoms with Gasteiger partial charge in [0.2, 0.25) is 5.91 Å². The van der Waals surface area contributed by atoms with Crippen molar-refractivity contribution in [1.29, 1.82) is 0 Å². The lowest BCUT2D eigenvalue weighted by atomic mass is 10.0. The molecule has 1 aromatic carbocycles. The SMILES string of the molecule is Cc1cc(N2CCC(=O)NC2=O)cc2c1N1CCNC[C@H]1CO2.Cl. The molecule has 0 spiro atoms. The zero-order valence-corrected chi connectivity index (χ0v) is 14.3. The quantitative estimate of drug-likeness (QED) is 0.790. The van der Waals surface area contributed by atoms with Gasteiger partial charge in [0, 0.05) is 44.4 Å². The Morgan fingerprint density at radius 3 is 2.88 bits per heavy atom. The van der Waals surface area contributed by atoms with Crippen molar-refractivity contribution in [2.45, 2.75) is 19.4 Å². The number of hydrogen-bond acceptors (Lipinski definition) is 5. The van der Waals surface area contributed by atoms with Gasteiger partial charge >= 0.3 is 6.03 Å². The van der Waals surface area contributed by atoms with E-state index < -0.39 is 0 Å². The molecule has 0 aromatic heterocycles. The van der Waals surface area contributed by atoms with Crippen LogP contribution in [0.15, 0.2) is 12.1 Å². The third-order valence-electron chi connectivity index (χ3n) is 4.68. The number of rotatable bonds is 1. The van der Waals surface area contributed by atoms with Crippen LogP contribution >= 0.6 is 12.4 Å². The highest BCUT2D eigenvalue weighted by Gasteiger charge is 2.32. The normalized spacial score (nSPS) is 22.8. The van der Waals surface area contributed by atoms with Gasteiger partial charge in [0.15, 0.2) is 0 Å². The fourth-order valence-electron chi connectivity index (χ4n) is 3.56. The Hall–Kier alpha value is -1.99. The summed E-state index contributed by atoms with van der Waals surface area (Å²) in [5.74, 6) is 0.601. The van der Waals surface area contributed by atoms with E-state index in [1.54, 1.807) is 4.90 Å². The van der Waals surface area contributed by atoms with Gasteiger partial charge in [-0.25, -0.2) is 4.79 Å². The van der Waals surface area contributed by atoms with E-state index in [4.69, 9.17) is 4.74 Å². The number of amides is 3. The predicted octanol–water partition coefficient (Wildman–Crippen LogP) is 1.03. The Morgan fingerprint density at radius 2 is 2.08 bits per heavy atom. The third kappa shape index (κ3) is 2.78. The summed E-state index contributed by atoms with van der Waals surface area (Å²) in [5.41, 5.74) is 2.99. The number of imide groups is 1. The van der Waals surface area contributed by atoms with Crippen molar-refractivity contribution in [2.24, 2.45) is 0 Å². The summed E-state index contributed by atoms with van der Waals surface area (Å²) in [6.07, 6.45) is 0.322. The van der Waals surface area contributed by atoms with Gasteiger partial charge in [-0.1, -0.05) is 0 Å². The molecule has 3 amide bonds. The van der Waals surface area contributed by atoms with Crippen molar-refractivity contribution in [3.05, 3.63) is 17.7 Å². The van der Waals surface area contributed by atoms with Gasteiger partial charge < -0.3 is 15.0 Å². The largest absolute Gasteiger partial charge is 0.489 e. The van der Waals surface area contributed by atoms with Crippen molar-refractivity contribution in [2.75, 3.05) is 42.6 Å². The van der Waals surface area contributed by atoms with Crippen molar-refractivity contribution >= 4 is 35.7 Å². The van der Waals surface area contributed by atoms with Gasteiger partial charge in [-0.15, -0.1) is 12.4 Å². The average molecular weight is 353 g/mol. The molecule has 0 radical (unpaired) electrons. The zero-order chi connectivity index (χ0) is 16.0. The number of urea groups is 1. The number of anilines is 2. The second-order valence-corrected chi connectivity index (χ2v) is 6.23. The van der Waals surface area contributed by atoms with E-state index in [1.807, 2.05) is 19.1 Å². The predicted molar refractivity (Wildman–Crippen MR) is 93.4 cm³/mol. The number of hydrogen-bond donors (Lipinski definition) is 2. The summed E-state index contributed by atoms with van der Waals surface area (Å²) >= 11 is 0. The van der Waals surface area contributed by atoms with Crippen LogP contribution in [0.2, 0.25) is 0 Å². The smallest absolute Gasteiger partial charge is 0.328 e. The fourth-order valence-corrected chi connectivity index (χ4v) is 3.56. The monoisotopic (exact) mass is 352 g/mol. The second kappa shape index (κ2) is 6.49. The molecule has 2 N–H and O–H groups in total. The number of nitrogens with one attached hydrogen (secondary N) is 2. The summed E-state index contributed by atoms with van der Waals surface area (Å²) in [6.45, 7) is 5.95. The number of nitrogens with zero attached hydrogens (tertiary/aromatic N) is 2. The Morgan fingerprint density at radius 1 is 1.25 bits per heavy atom. The van der Waals surface area contributed by atoms with Crippen LogP contribution in [0.25, 0.3) is 0 Å². The molecule has 3 aliphatic heterocycles. The van der Waals surface area contributed by atoms with E-state index in [-0.39, 0.29) is 24.3 Å². The lowest BCUT2D eigenvalue weighted by Crippen LogP contribution is -2.56. The molecule has 0 aliphatic carbocycles. The Labute approximate surface area is 146 Å². The molecular formula is C16H21ClN4O3. The topological polar surface area (TPSA) is 73.9 Å². The number of halogens is 1. The number of benzene rings is 1. The molecule has 8 heteroatoms. The molecule has 0 bridgehead atoms. The third-order valence-corrected chi connectivity index (χ3v) is 4.68. The first kappa shape index (κ1) is 16.9. The highest BCUT2D eigenvalue weighted by Crippen LogP contribution is 2.40. The van der Waals surface area contributed by atoms with Crippen molar-refractivity contribution in [3.63, 3.8) is 0 Å². The Balaban J connectivity index is 0.00000169. The maximum atomic E-state index is 12.0. The molecule has 0 unspecified atom stereocenters. The average Bonchev–Trinajstić information content (AvgIpc) is 2.54. The minimum absolute atomic E-state index is 0. The minimum atomic E-state index is -0.364. The van der Waals surface area contributed by atoms with Gasteiger partial charge in [-0.2, -0.15) is 0 Å². The van der Waals surface area contributed by atoms with E-state index in [9.17, 15) is 9.59 Å².